The molecule has 0 saturated heterocycles. The van der Waals surface area contributed by atoms with Crippen LogP contribution in [-0.4, -0.2) is 111 Å². The summed E-state index contributed by atoms with van der Waals surface area (Å²) in [5, 5.41) is 3.77. The summed E-state index contributed by atoms with van der Waals surface area (Å²) in [6.45, 7) is 5.91. The first-order valence-corrected chi connectivity index (χ1v) is 16.2. The van der Waals surface area contributed by atoms with Crippen molar-refractivity contribution in [3.05, 3.63) is 0 Å². The van der Waals surface area contributed by atoms with E-state index in [9.17, 15) is 0 Å². The number of hydrogen-bond acceptors (Lipinski definition) is 11. The second kappa shape index (κ2) is 8.88. The maximum absolute atomic E-state index is 5.60. The van der Waals surface area contributed by atoms with Crippen molar-refractivity contribution in [2.75, 3.05) is 83.6 Å². The van der Waals surface area contributed by atoms with Crippen molar-refractivity contribution in [1.29, 1.82) is 0 Å². The second-order valence-electron chi connectivity index (χ2n) is 7.97. The minimum atomic E-state index is -2.44. The van der Waals surface area contributed by atoms with E-state index in [-0.39, 0.29) is 0 Å². The van der Waals surface area contributed by atoms with Crippen LogP contribution in [0.5, 0.6) is 0 Å². The maximum Gasteiger partial charge on any atom is 0.227 e. The van der Waals surface area contributed by atoms with E-state index in [1.165, 1.54) is 0 Å². The Bertz CT molecular complexity index is 805. The molecule has 0 aliphatic carbocycles. The Morgan fingerprint density at radius 2 is 1.07 bits per heavy atom. The zero-order valence-electron chi connectivity index (χ0n) is 20.2. The van der Waals surface area contributed by atoms with Crippen LogP contribution >= 0.6 is 30.0 Å². The molecule has 2 unspecified atom stereocenters. The predicted octanol–water partition coefficient (Wildman–Crippen LogP) is 4.54. The summed E-state index contributed by atoms with van der Waals surface area (Å²) in [5.74, 6) is 0. The molecule has 0 spiro atoms. The number of rotatable bonds is 8. The van der Waals surface area contributed by atoms with Crippen molar-refractivity contribution >= 4 is 30.0 Å². The molecule has 0 fully saturated rings. The van der Waals surface area contributed by atoms with Crippen LogP contribution in [0.1, 0.15) is 13.8 Å². The topological polar surface area (TPSA) is 80.9 Å². The summed E-state index contributed by atoms with van der Waals surface area (Å²) in [4.78, 5) is 0. The molecule has 2 atom stereocenters. The van der Waals surface area contributed by atoms with Crippen LogP contribution in [0.25, 0.3) is 0 Å². The van der Waals surface area contributed by atoms with Gasteiger partial charge in [0.1, 0.15) is 0 Å². The Hall–Kier alpha value is 0.640. The average Bonchev–Trinajstić information content (AvgIpc) is 2.59. The molecule has 1 N–H and O–H groups in total. The lowest BCUT2D eigenvalue weighted by molar-refractivity contribution is 0.537. The molecule has 11 nitrogen and oxygen atoms in total. The molecule has 2 aliphatic rings. The number of nitrogens with zero attached hydrogens (tertiary/aromatic N) is 10. The molecular weight excluding hydrogens is 446 g/mol. The van der Waals surface area contributed by atoms with Gasteiger partial charge in [0.15, 0.2) is 0 Å². The average molecular weight is 487 g/mol. The van der Waals surface area contributed by atoms with Crippen LogP contribution < -0.4 is 5.09 Å². The first-order valence-electron chi connectivity index (χ1n) is 9.78. The van der Waals surface area contributed by atoms with Crippen LogP contribution in [0.4, 0.5) is 0 Å². The molecule has 2 rings (SSSR count). The van der Waals surface area contributed by atoms with Crippen molar-refractivity contribution in [3.63, 3.8) is 0 Å². The highest BCUT2D eigenvalue weighted by Crippen LogP contribution is 2.89. The Morgan fingerprint density at radius 1 is 0.621 bits per heavy atom. The SMILES string of the molecule is CCNP12=NP(N(C)C)(N(C)C)=NP(N(C)C)(=NP(N(C)C)(N(C)C)=N1)N2CC. The summed E-state index contributed by atoms with van der Waals surface area (Å²) < 4.78 is 35.7. The van der Waals surface area contributed by atoms with Crippen molar-refractivity contribution in [2.45, 2.75) is 13.8 Å². The highest BCUT2D eigenvalue weighted by atomic mass is 31.3. The zero-order chi connectivity index (χ0) is 22.4. The van der Waals surface area contributed by atoms with E-state index in [1.807, 2.05) is 0 Å². The van der Waals surface area contributed by atoms with Gasteiger partial charge in [-0.1, -0.05) is 13.8 Å². The van der Waals surface area contributed by atoms with Gasteiger partial charge in [-0.3, -0.25) is 5.09 Å². The molecule has 15 heteroatoms. The van der Waals surface area contributed by atoms with E-state index >= 15 is 0 Å². The maximum atomic E-state index is 5.60. The van der Waals surface area contributed by atoms with Crippen molar-refractivity contribution in [1.82, 2.24) is 32.9 Å². The Labute approximate surface area is 178 Å². The molecule has 0 aromatic rings. The lowest BCUT2D eigenvalue weighted by atomic mass is 10.8. The minimum absolute atomic E-state index is 0.798. The zero-order valence-corrected chi connectivity index (χ0v) is 23.8. The standard InChI is InChI=1S/C14H41N11P4/c1-13-15-26-16-27(20(3)4,21(5)6)18-29(24(11)12,25(26)14-2)19-28(17-26,22(7)8)23(9)10/h15H,13-14H2,1-12H3. The smallest absolute Gasteiger partial charge is 0.227 e. The number of fused-ring (bicyclic) bond motifs is 2. The molecule has 0 amide bonds. The summed E-state index contributed by atoms with van der Waals surface area (Å²) in [6, 6.07) is 0. The molecule has 0 aromatic carbocycles. The molecule has 29 heavy (non-hydrogen) atoms. The van der Waals surface area contributed by atoms with Crippen molar-refractivity contribution in [2.24, 2.45) is 18.1 Å². The molecule has 2 aliphatic heterocycles. The lowest BCUT2D eigenvalue weighted by Crippen LogP contribution is -2.36. The fourth-order valence-electron chi connectivity index (χ4n) is 3.55. The summed E-state index contributed by atoms with van der Waals surface area (Å²) in [5.41, 5.74) is 0. The minimum Gasteiger partial charge on any atom is -0.253 e. The van der Waals surface area contributed by atoms with Gasteiger partial charge in [0, 0.05) is 13.1 Å². The van der Waals surface area contributed by atoms with E-state index in [4.69, 9.17) is 18.1 Å². The van der Waals surface area contributed by atoms with Gasteiger partial charge in [0.2, 0.25) is 30.0 Å². The molecule has 2 heterocycles. The van der Waals surface area contributed by atoms with Gasteiger partial charge in [-0.2, -0.15) is 22.5 Å². The van der Waals surface area contributed by atoms with Gasteiger partial charge in [0.25, 0.3) is 0 Å². The number of nitrogens with one attached hydrogen (secondary N) is 1. The largest absolute Gasteiger partial charge is 0.253 e. The first-order chi connectivity index (χ1) is 13.3. The highest BCUT2D eigenvalue weighted by molar-refractivity contribution is 7.91. The third kappa shape index (κ3) is 3.85. The Balaban J connectivity index is 3.20. The fraction of sp³-hybridized carbons (Fsp3) is 1.00. The van der Waals surface area contributed by atoms with Gasteiger partial charge in [-0.05, 0) is 70.5 Å². The second-order valence-corrected chi connectivity index (χ2v) is 20.8. The highest BCUT2D eigenvalue weighted by Gasteiger charge is 2.54. The van der Waals surface area contributed by atoms with E-state index in [0.29, 0.717) is 0 Å². The fourth-order valence-corrected chi connectivity index (χ4v) is 25.5. The van der Waals surface area contributed by atoms with E-state index < -0.39 is 30.0 Å². The van der Waals surface area contributed by atoms with Gasteiger partial charge in [0.05, 0.1) is 0 Å². The third-order valence-corrected chi connectivity index (χ3v) is 22.1. The predicted molar refractivity (Wildman–Crippen MR) is 132 cm³/mol. The van der Waals surface area contributed by atoms with Crippen LogP contribution in [0, 0.1) is 0 Å². The summed E-state index contributed by atoms with van der Waals surface area (Å²) in [6.07, 6.45) is 0. The van der Waals surface area contributed by atoms with E-state index in [1.54, 1.807) is 0 Å². The normalized spacial score (nSPS) is 31.1. The van der Waals surface area contributed by atoms with Crippen LogP contribution in [0.15, 0.2) is 18.1 Å². The van der Waals surface area contributed by atoms with Gasteiger partial charge < -0.3 is 0 Å². The van der Waals surface area contributed by atoms with Gasteiger partial charge in [-0.15, -0.1) is 0 Å². The third-order valence-electron chi connectivity index (χ3n) is 4.94. The van der Waals surface area contributed by atoms with Crippen LogP contribution in [0.2, 0.25) is 0 Å². The first kappa shape index (κ1) is 25.9. The molecule has 2 bridgehead atoms. The lowest BCUT2D eigenvalue weighted by Gasteiger charge is -2.53. The van der Waals surface area contributed by atoms with E-state index in [2.05, 4.69) is 117 Å². The quantitative estimate of drug-likeness (QED) is 0.504. The van der Waals surface area contributed by atoms with Gasteiger partial charge in [-0.25, -0.2) is 23.4 Å². The van der Waals surface area contributed by atoms with Gasteiger partial charge >= 0.3 is 0 Å². The van der Waals surface area contributed by atoms with Crippen molar-refractivity contribution in [3.8, 4) is 0 Å². The van der Waals surface area contributed by atoms with Crippen molar-refractivity contribution < 1.29 is 0 Å². The Kier molecular flexibility index (Phi) is 7.93. The van der Waals surface area contributed by atoms with Crippen LogP contribution in [-0.2, 0) is 0 Å². The molecule has 0 radical (unpaired) electrons. The summed E-state index contributed by atoms with van der Waals surface area (Å²) in [7, 11) is 11.3. The van der Waals surface area contributed by atoms with E-state index in [0.717, 1.165) is 13.1 Å². The molecular formula is C14H41N11P4. The Morgan fingerprint density at radius 3 is 1.41 bits per heavy atom. The monoisotopic (exact) mass is 487 g/mol. The number of hydrogen-bond donors (Lipinski definition) is 1. The summed E-state index contributed by atoms with van der Waals surface area (Å²) >= 11 is 0. The molecule has 0 saturated carbocycles. The van der Waals surface area contributed by atoms with Crippen LogP contribution in [0.3, 0.4) is 0 Å². The molecule has 0 aromatic heterocycles. The molecule has 172 valence electrons.